The van der Waals surface area contributed by atoms with Crippen LogP contribution in [0, 0.1) is 13.8 Å². The number of hydrogen-bond donors (Lipinski definition) is 2. The zero-order valence-corrected chi connectivity index (χ0v) is 19.0. The molecule has 0 bridgehead atoms. The van der Waals surface area contributed by atoms with E-state index >= 15 is 0 Å². The Morgan fingerprint density at radius 3 is 1.09 bits per heavy atom. The van der Waals surface area contributed by atoms with Crippen LogP contribution in [0.15, 0.2) is 93.1 Å². The number of aryl methyl sites for hydroxylation is 2. The summed E-state index contributed by atoms with van der Waals surface area (Å²) in [7, 11) is -8.54. The maximum absolute atomic E-state index is 10.4. The first-order valence-corrected chi connectivity index (χ1v) is 11.9. The molecule has 2 aromatic carbocycles. The molecule has 0 fully saturated rings. The highest BCUT2D eigenvalue weighted by Gasteiger charge is 1.98. The summed E-state index contributed by atoms with van der Waals surface area (Å²) in [4.78, 5) is 7.09. The predicted molar refractivity (Wildman–Crippen MR) is 117 cm³/mol. The first-order valence-electron chi connectivity index (χ1n) is 9.08. The van der Waals surface area contributed by atoms with E-state index in [4.69, 9.17) is 0 Å². The highest BCUT2D eigenvalue weighted by molar-refractivity contribution is 7.86. The number of hydrogen-bond acceptors (Lipinski definition) is 8. The zero-order valence-electron chi connectivity index (χ0n) is 17.4. The SMILES string of the molecule is C1=C[NH2+]C=N1.C1=C[NH2+]C=N1.Cc1ccc(S(=O)(=O)[O-])cc1.Cc1ccc(S(=O)(=O)[O-])cc1. The van der Waals surface area contributed by atoms with Gasteiger partial charge in [-0.25, -0.2) is 26.8 Å². The Balaban J connectivity index is 0.000000227. The van der Waals surface area contributed by atoms with Crippen LogP contribution in [0.4, 0.5) is 0 Å². The van der Waals surface area contributed by atoms with Crippen molar-refractivity contribution < 1.29 is 36.6 Å². The van der Waals surface area contributed by atoms with Crippen LogP contribution in [0.2, 0.25) is 0 Å². The average molecular weight is 481 g/mol. The summed E-state index contributed by atoms with van der Waals surface area (Å²) in [5, 5.41) is 3.78. The van der Waals surface area contributed by atoms with Gasteiger partial charge >= 0.3 is 0 Å². The Bertz CT molecular complexity index is 1050. The molecule has 2 aliphatic rings. The normalized spacial score (nSPS) is 13.4. The number of quaternary nitrogens is 2. The van der Waals surface area contributed by atoms with Gasteiger partial charge in [-0.1, -0.05) is 35.4 Å². The van der Waals surface area contributed by atoms with Gasteiger partial charge in [-0.2, -0.15) is 0 Å². The minimum atomic E-state index is -4.27. The zero-order chi connectivity index (χ0) is 24.0. The van der Waals surface area contributed by atoms with Gasteiger partial charge in [-0.05, 0) is 38.1 Å². The molecule has 0 radical (unpaired) electrons. The molecule has 2 aromatic rings. The third-order valence-corrected chi connectivity index (χ3v) is 5.23. The predicted octanol–water partition coefficient (Wildman–Crippen LogP) is -0.0760. The lowest BCUT2D eigenvalue weighted by Gasteiger charge is -2.05. The molecule has 0 aromatic heterocycles. The third-order valence-electron chi connectivity index (χ3n) is 3.53. The van der Waals surface area contributed by atoms with Crippen molar-refractivity contribution in [1.82, 2.24) is 0 Å². The molecule has 2 heterocycles. The molecule has 0 spiro atoms. The van der Waals surface area contributed by atoms with Gasteiger partial charge in [0, 0.05) is 0 Å². The molecule has 172 valence electrons. The quantitative estimate of drug-likeness (QED) is 0.569. The van der Waals surface area contributed by atoms with E-state index in [1.807, 2.05) is 36.9 Å². The molecule has 10 nitrogen and oxygen atoms in total. The minimum absolute atomic E-state index is 0.178. The summed E-state index contributed by atoms with van der Waals surface area (Å²) in [5.74, 6) is 0. The van der Waals surface area contributed by atoms with Gasteiger partial charge in [0.15, 0.2) is 12.7 Å². The van der Waals surface area contributed by atoms with Crippen molar-refractivity contribution in [2.75, 3.05) is 0 Å². The van der Waals surface area contributed by atoms with Crippen LogP contribution in [-0.4, -0.2) is 38.6 Å². The molecule has 4 rings (SSSR count). The van der Waals surface area contributed by atoms with Crippen LogP contribution in [0.25, 0.3) is 0 Å². The van der Waals surface area contributed by atoms with Gasteiger partial charge in [0.1, 0.15) is 32.6 Å². The van der Waals surface area contributed by atoms with Crippen molar-refractivity contribution in [3.63, 3.8) is 0 Å². The number of benzene rings is 2. The van der Waals surface area contributed by atoms with Crippen molar-refractivity contribution in [2.24, 2.45) is 9.98 Å². The first kappa shape index (κ1) is 27.0. The van der Waals surface area contributed by atoms with Gasteiger partial charge < -0.3 is 9.11 Å². The lowest BCUT2D eigenvalue weighted by atomic mass is 10.2. The second kappa shape index (κ2) is 13.4. The maximum Gasteiger partial charge on any atom is 0.191 e. The van der Waals surface area contributed by atoms with E-state index in [0.29, 0.717) is 0 Å². The molecule has 0 amide bonds. The number of nitrogens with two attached hydrogens (primary N) is 2. The Morgan fingerprint density at radius 2 is 0.938 bits per heavy atom. The Morgan fingerprint density at radius 1 is 0.625 bits per heavy atom. The van der Waals surface area contributed by atoms with Crippen molar-refractivity contribution in [3.8, 4) is 0 Å². The van der Waals surface area contributed by atoms with Gasteiger partial charge in [0.2, 0.25) is 0 Å². The number of rotatable bonds is 2. The van der Waals surface area contributed by atoms with Crippen molar-refractivity contribution in [1.29, 1.82) is 0 Å². The largest absolute Gasteiger partial charge is 0.744 e. The second-order valence-corrected chi connectivity index (χ2v) is 8.96. The third kappa shape index (κ3) is 12.0. The van der Waals surface area contributed by atoms with Gasteiger partial charge in [-0.15, -0.1) is 0 Å². The molecule has 2 aliphatic heterocycles. The Labute approximate surface area is 187 Å². The highest BCUT2D eigenvalue weighted by Crippen LogP contribution is 2.09. The standard InChI is InChI=1S/2C7H8O3S.2C3H4N2/c2*1-6-2-4-7(5-3-6)11(8,9)10;2*1-2-5-3-4-1/h2*2-5H,1H3,(H,8,9,10);2*1-3H,(H,4,5). The van der Waals surface area contributed by atoms with E-state index in [2.05, 4.69) is 9.98 Å². The van der Waals surface area contributed by atoms with Crippen molar-refractivity contribution in [2.45, 2.75) is 23.6 Å². The number of nitrogens with zero attached hydrogens (tertiary/aromatic N) is 2. The molecule has 4 N–H and O–H groups in total. The molecular weight excluding hydrogens is 456 g/mol. The summed E-state index contributed by atoms with van der Waals surface area (Å²) in [6.07, 6.45) is 10.8. The molecule has 0 aliphatic carbocycles. The fraction of sp³-hybridized carbons (Fsp3) is 0.100. The summed E-state index contributed by atoms with van der Waals surface area (Å²) in [6.45, 7) is 3.64. The average Bonchev–Trinajstić information content (AvgIpc) is 3.47. The Hall–Kier alpha value is -3.00. The van der Waals surface area contributed by atoms with Crippen LogP contribution in [0.5, 0.6) is 0 Å². The Kier molecular flexibility index (Phi) is 11.3. The van der Waals surface area contributed by atoms with E-state index in [1.54, 1.807) is 49.3 Å². The molecule has 32 heavy (non-hydrogen) atoms. The van der Waals surface area contributed by atoms with Crippen LogP contribution >= 0.6 is 0 Å². The molecule has 0 saturated carbocycles. The first-order chi connectivity index (χ1) is 15.0. The van der Waals surface area contributed by atoms with Gasteiger partial charge in [-0.3, -0.25) is 10.6 Å². The van der Waals surface area contributed by atoms with E-state index in [9.17, 15) is 25.9 Å². The maximum atomic E-state index is 10.4. The lowest BCUT2D eigenvalue weighted by Crippen LogP contribution is -2.74. The monoisotopic (exact) mass is 480 g/mol. The summed E-state index contributed by atoms with van der Waals surface area (Å²) in [6, 6.07) is 11.6. The molecule has 0 unspecified atom stereocenters. The molecule has 0 saturated heterocycles. The second-order valence-electron chi connectivity index (χ2n) is 6.20. The van der Waals surface area contributed by atoms with E-state index in [-0.39, 0.29) is 9.79 Å². The van der Waals surface area contributed by atoms with Crippen molar-refractivity contribution >= 4 is 32.9 Å². The topological polar surface area (TPSA) is 172 Å². The van der Waals surface area contributed by atoms with E-state index in [1.165, 1.54) is 24.3 Å². The molecular formula is C20H24N4O6S2. The summed E-state index contributed by atoms with van der Waals surface area (Å²) >= 11 is 0. The lowest BCUT2D eigenvalue weighted by molar-refractivity contribution is -0.447. The van der Waals surface area contributed by atoms with E-state index in [0.717, 1.165) is 11.1 Å². The van der Waals surface area contributed by atoms with Gasteiger partial charge in [0.25, 0.3) is 0 Å². The van der Waals surface area contributed by atoms with Gasteiger partial charge in [0.05, 0.1) is 22.2 Å². The smallest absolute Gasteiger partial charge is 0.191 e. The number of aliphatic imine (C=N–C) groups is 2. The highest BCUT2D eigenvalue weighted by atomic mass is 32.2. The molecule has 0 atom stereocenters. The fourth-order valence-corrected chi connectivity index (χ4v) is 2.85. The summed E-state index contributed by atoms with van der Waals surface area (Å²) < 4.78 is 62.3. The van der Waals surface area contributed by atoms with Crippen LogP contribution in [0.3, 0.4) is 0 Å². The van der Waals surface area contributed by atoms with Crippen LogP contribution in [-0.2, 0) is 20.2 Å². The van der Waals surface area contributed by atoms with Crippen molar-refractivity contribution in [3.05, 3.63) is 84.5 Å². The minimum Gasteiger partial charge on any atom is -0.744 e. The van der Waals surface area contributed by atoms with Crippen LogP contribution in [0.1, 0.15) is 11.1 Å². The fourth-order valence-electron chi connectivity index (χ4n) is 1.91. The summed E-state index contributed by atoms with van der Waals surface area (Å²) in [5.41, 5.74) is 1.86. The van der Waals surface area contributed by atoms with Crippen LogP contribution < -0.4 is 10.6 Å². The molecule has 12 heteroatoms. The van der Waals surface area contributed by atoms with E-state index < -0.39 is 20.2 Å².